The number of nitrogens with two attached hydrogens (primary N) is 1. The van der Waals surface area contributed by atoms with Crippen molar-refractivity contribution in [3.8, 4) is 0 Å². The van der Waals surface area contributed by atoms with E-state index in [1.54, 1.807) is 6.07 Å². The smallest absolute Gasteiger partial charge is 0.383 e. The van der Waals surface area contributed by atoms with Gasteiger partial charge in [-0.3, -0.25) is 9.89 Å². The standard InChI is InChI=1S/C19H19F3N6O2/c20-19(21,22)10-7-11(24-17-15(10)16(23)25-26-17)13-3-1-2-6-28(13)18(29)12-8-14(30-27-12)9-4-5-9/h7-9,13H,1-6H2,(H3,23,24,25,26)/t13-/m0/s1. The molecule has 1 aliphatic heterocycles. The summed E-state index contributed by atoms with van der Waals surface area (Å²) in [6.45, 7) is 0.402. The number of rotatable bonds is 3. The summed E-state index contributed by atoms with van der Waals surface area (Å²) in [4.78, 5) is 18.9. The molecule has 0 bridgehead atoms. The number of aromatic nitrogens is 4. The second-order valence-electron chi connectivity index (χ2n) is 7.83. The topological polar surface area (TPSA) is 114 Å². The van der Waals surface area contributed by atoms with Gasteiger partial charge in [-0.25, -0.2) is 4.98 Å². The molecule has 1 saturated carbocycles. The van der Waals surface area contributed by atoms with Crippen molar-refractivity contribution < 1.29 is 22.5 Å². The number of nitrogen functional groups attached to an aromatic ring is 1. The van der Waals surface area contributed by atoms with E-state index in [0.29, 0.717) is 24.6 Å². The molecule has 158 valence electrons. The van der Waals surface area contributed by atoms with Crippen LogP contribution in [0.2, 0.25) is 0 Å². The van der Waals surface area contributed by atoms with Gasteiger partial charge in [-0.2, -0.15) is 18.3 Å². The lowest BCUT2D eigenvalue weighted by atomic mass is 9.96. The van der Waals surface area contributed by atoms with Crippen LogP contribution in [-0.2, 0) is 6.18 Å². The summed E-state index contributed by atoms with van der Waals surface area (Å²) in [6, 6.07) is 2.00. The van der Waals surface area contributed by atoms with Crippen molar-refractivity contribution in [3.63, 3.8) is 0 Å². The maximum atomic E-state index is 13.7. The second kappa shape index (κ2) is 6.71. The molecule has 8 nitrogen and oxygen atoms in total. The Morgan fingerprint density at radius 3 is 2.77 bits per heavy atom. The van der Waals surface area contributed by atoms with E-state index in [1.807, 2.05) is 0 Å². The van der Waals surface area contributed by atoms with Crippen molar-refractivity contribution in [2.75, 3.05) is 12.3 Å². The molecule has 30 heavy (non-hydrogen) atoms. The van der Waals surface area contributed by atoms with Crippen LogP contribution < -0.4 is 5.73 Å². The van der Waals surface area contributed by atoms with Gasteiger partial charge in [0.15, 0.2) is 11.3 Å². The second-order valence-corrected chi connectivity index (χ2v) is 7.83. The number of hydrogen-bond acceptors (Lipinski definition) is 6. The van der Waals surface area contributed by atoms with E-state index in [2.05, 4.69) is 20.3 Å². The van der Waals surface area contributed by atoms with Crippen LogP contribution in [-0.4, -0.2) is 37.7 Å². The van der Waals surface area contributed by atoms with Crippen LogP contribution >= 0.6 is 0 Å². The zero-order valence-electron chi connectivity index (χ0n) is 15.9. The Labute approximate surface area is 168 Å². The Kier molecular flexibility index (Phi) is 4.23. The zero-order valence-corrected chi connectivity index (χ0v) is 15.9. The van der Waals surface area contributed by atoms with E-state index in [-0.39, 0.29) is 34.1 Å². The molecule has 2 aliphatic rings. The number of H-pyrrole nitrogens is 1. The highest BCUT2D eigenvalue weighted by Gasteiger charge is 2.38. The third-order valence-corrected chi connectivity index (χ3v) is 5.71. The van der Waals surface area contributed by atoms with Gasteiger partial charge in [0.1, 0.15) is 11.6 Å². The first-order chi connectivity index (χ1) is 14.3. The van der Waals surface area contributed by atoms with Gasteiger partial charge in [0, 0.05) is 18.5 Å². The van der Waals surface area contributed by atoms with Crippen LogP contribution in [0.4, 0.5) is 19.0 Å². The average molecular weight is 420 g/mol. The van der Waals surface area contributed by atoms with Gasteiger partial charge in [-0.1, -0.05) is 5.16 Å². The molecule has 3 N–H and O–H groups in total. The SMILES string of the molecule is Nc1[nH]nc2nc([C@@H]3CCCCN3C(=O)c3cc(C4CC4)on3)cc(C(F)(F)F)c12. The normalized spacial score (nSPS) is 20.1. The predicted octanol–water partition coefficient (Wildman–Crippen LogP) is 3.79. The number of halogens is 3. The third kappa shape index (κ3) is 3.17. The van der Waals surface area contributed by atoms with E-state index < -0.39 is 17.8 Å². The lowest BCUT2D eigenvalue weighted by Gasteiger charge is -2.35. The average Bonchev–Trinajstić information content (AvgIpc) is 3.34. The summed E-state index contributed by atoms with van der Waals surface area (Å²) in [5.74, 6) is 0.424. The van der Waals surface area contributed by atoms with Crippen LogP contribution in [0.15, 0.2) is 16.7 Å². The van der Waals surface area contributed by atoms with E-state index in [9.17, 15) is 18.0 Å². The molecule has 0 unspecified atom stereocenters. The maximum absolute atomic E-state index is 13.7. The monoisotopic (exact) mass is 420 g/mol. The quantitative estimate of drug-likeness (QED) is 0.666. The number of pyridine rings is 1. The number of carbonyl (C=O) groups excluding carboxylic acids is 1. The van der Waals surface area contributed by atoms with Crippen LogP contribution in [0.25, 0.3) is 11.0 Å². The molecule has 1 aliphatic carbocycles. The fourth-order valence-corrected chi connectivity index (χ4v) is 4.04. The molecule has 3 aromatic heterocycles. The van der Waals surface area contributed by atoms with Crippen LogP contribution in [0, 0.1) is 0 Å². The Hall–Kier alpha value is -3.11. The van der Waals surface area contributed by atoms with E-state index in [1.165, 1.54) is 4.90 Å². The molecule has 4 heterocycles. The molecular formula is C19H19F3N6O2. The van der Waals surface area contributed by atoms with Gasteiger partial charge in [-0.15, -0.1) is 0 Å². The zero-order chi connectivity index (χ0) is 21.0. The number of carbonyl (C=O) groups is 1. The lowest BCUT2D eigenvalue weighted by molar-refractivity contribution is -0.136. The van der Waals surface area contributed by atoms with Crippen molar-refractivity contribution in [2.45, 2.75) is 50.2 Å². The number of aromatic amines is 1. The minimum Gasteiger partial charge on any atom is -0.383 e. The number of anilines is 1. The van der Waals surface area contributed by atoms with Crippen molar-refractivity contribution in [1.82, 2.24) is 25.2 Å². The van der Waals surface area contributed by atoms with Gasteiger partial charge >= 0.3 is 6.18 Å². The number of likely N-dealkylation sites (tertiary alicyclic amines) is 1. The minimum atomic E-state index is -4.64. The molecule has 5 rings (SSSR count). The number of nitrogens with one attached hydrogen (secondary N) is 1. The maximum Gasteiger partial charge on any atom is 0.417 e. The first-order valence-corrected chi connectivity index (χ1v) is 9.82. The molecule has 0 spiro atoms. The highest BCUT2D eigenvalue weighted by atomic mass is 19.4. The first kappa shape index (κ1) is 18.9. The largest absolute Gasteiger partial charge is 0.417 e. The van der Waals surface area contributed by atoms with E-state index in [0.717, 1.165) is 31.7 Å². The lowest BCUT2D eigenvalue weighted by Crippen LogP contribution is -2.39. The minimum absolute atomic E-state index is 0.118. The van der Waals surface area contributed by atoms with Crippen molar-refractivity contribution in [3.05, 3.63) is 34.8 Å². The number of piperidine rings is 1. The van der Waals surface area contributed by atoms with Gasteiger partial charge in [-0.05, 0) is 38.2 Å². The highest BCUT2D eigenvalue weighted by Crippen LogP contribution is 2.41. The van der Waals surface area contributed by atoms with Crippen molar-refractivity contribution in [2.24, 2.45) is 0 Å². The van der Waals surface area contributed by atoms with Crippen LogP contribution in [0.1, 0.15) is 71.6 Å². The van der Waals surface area contributed by atoms with Crippen molar-refractivity contribution in [1.29, 1.82) is 0 Å². The molecular weight excluding hydrogens is 401 g/mol. The number of alkyl halides is 3. The Morgan fingerprint density at radius 2 is 2.03 bits per heavy atom. The first-order valence-electron chi connectivity index (χ1n) is 9.82. The molecule has 1 saturated heterocycles. The molecule has 0 radical (unpaired) electrons. The summed E-state index contributed by atoms with van der Waals surface area (Å²) in [5.41, 5.74) is 4.92. The molecule has 0 aromatic carbocycles. The van der Waals surface area contributed by atoms with E-state index >= 15 is 0 Å². The van der Waals surface area contributed by atoms with Gasteiger partial charge in [0.05, 0.1) is 22.7 Å². The summed E-state index contributed by atoms with van der Waals surface area (Å²) in [6.07, 6.45) is -0.612. The van der Waals surface area contributed by atoms with E-state index in [4.69, 9.17) is 10.3 Å². The molecule has 2 fully saturated rings. The van der Waals surface area contributed by atoms with Crippen molar-refractivity contribution >= 4 is 22.8 Å². The Balaban J connectivity index is 1.53. The Morgan fingerprint density at radius 1 is 1.23 bits per heavy atom. The molecule has 1 amide bonds. The van der Waals surface area contributed by atoms with Gasteiger partial charge in [0.2, 0.25) is 0 Å². The fraction of sp³-hybridized carbons (Fsp3) is 0.474. The summed E-state index contributed by atoms with van der Waals surface area (Å²) in [5, 5.41) is 9.81. The number of hydrogen-bond donors (Lipinski definition) is 2. The fourth-order valence-electron chi connectivity index (χ4n) is 4.04. The highest BCUT2D eigenvalue weighted by molar-refractivity contribution is 5.93. The van der Waals surface area contributed by atoms with Crippen LogP contribution in [0.3, 0.4) is 0 Å². The van der Waals surface area contributed by atoms with Gasteiger partial charge in [0.25, 0.3) is 5.91 Å². The summed E-state index contributed by atoms with van der Waals surface area (Å²) in [7, 11) is 0. The number of amides is 1. The molecule has 11 heteroatoms. The third-order valence-electron chi connectivity index (χ3n) is 5.71. The van der Waals surface area contributed by atoms with Crippen LogP contribution in [0.5, 0.6) is 0 Å². The predicted molar refractivity (Wildman–Crippen MR) is 99.4 cm³/mol. The summed E-state index contributed by atoms with van der Waals surface area (Å²) >= 11 is 0. The molecule has 1 atom stereocenters. The van der Waals surface area contributed by atoms with Gasteiger partial charge < -0.3 is 15.2 Å². The number of nitrogens with zero attached hydrogens (tertiary/aromatic N) is 4. The molecule has 3 aromatic rings. The summed E-state index contributed by atoms with van der Waals surface area (Å²) < 4.78 is 46.4. The number of fused-ring (bicyclic) bond motifs is 1. The Bertz CT molecular complexity index is 1120.